The van der Waals surface area contributed by atoms with Crippen LogP contribution in [-0.4, -0.2) is 35.8 Å². The summed E-state index contributed by atoms with van der Waals surface area (Å²) in [6, 6.07) is 9.51. The first kappa shape index (κ1) is 18.0. The van der Waals surface area contributed by atoms with Crippen molar-refractivity contribution in [3.8, 4) is 0 Å². The second-order valence-electron chi connectivity index (χ2n) is 7.54. The molecule has 1 aromatic carbocycles. The Kier molecular flexibility index (Phi) is 6.48. The number of nitrogens with zero attached hydrogens (tertiary/aromatic N) is 1. The quantitative estimate of drug-likeness (QED) is 0.885. The zero-order chi connectivity index (χ0) is 17.5. The summed E-state index contributed by atoms with van der Waals surface area (Å²) in [5.41, 5.74) is 0.702. The molecule has 2 aliphatic rings. The van der Waals surface area contributed by atoms with E-state index in [0.29, 0.717) is 17.9 Å². The fourth-order valence-electron chi connectivity index (χ4n) is 4.09. The lowest BCUT2D eigenvalue weighted by molar-refractivity contribution is -0.132. The molecule has 1 N–H and O–H groups in total. The maximum absolute atomic E-state index is 12.4. The molecule has 1 saturated carbocycles. The minimum atomic E-state index is -0.0114. The van der Waals surface area contributed by atoms with Crippen LogP contribution in [0.5, 0.6) is 0 Å². The zero-order valence-corrected chi connectivity index (χ0v) is 15.1. The van der Waals surface area contributed by atoms with Gasteiger partial charge in [0.05, 0.1) is 0 Å². The van der Waals surface area contributed by atoms with E-state index in [2.05, 4.69) is 5.32 Å². The van der Waals surface area contributed by atoms with Gasteiger partial charge in [-0.05, 0) is 37.3 Å². The van der Waals surface area contributed by atoms with Gasteiger partial charge in [0.15, 0.2) is 0 Å². The van der Waals surface area contributed by atoms with E-state index in [1.807, 2.05) is 35.2 Å². The van der Waals surface area contributed by atoms with Gasteiger partial charge in [0.1, 0.15) is 0 Å². The Hall–Kier alpha value is -1.84. The summed E-state index contributed by atoms with van der Waals surface area (Å²) in [6.45, 7) is 1.53. The Morgan fingerprint density at radius 1 is 0.960 bits per heavy atom. The van der Waals surface area contributed by atoms with E-state index in [4.69, 9.17) is 0 Å². The maximum atomic E-state index is 12.4. The number of hydrogen-bond donors (Lipinski definition) is 1. The standard InChI is InChI=1S/C21H30N2O2/c24-20(12-11-17-7-3-1-4-8-17)23-15-13-19(14-16-23)22-21(25)18-9-5-2-6-10-18/h2,5-6,9-10,17,19H,1,3-4,7-8,11-16H2,(H,22,25). The number of piperidine rings is 1. The molecule has 0 aromatic heterocycles. The summed E-state index contributed by atoms with van der Waals surface area (Å²) < 4.78 is 0. The predicted molar refractivity (Wildman–Crippen MR) is 99.3 cm³/mol. The molecule has 1 aromatic rings. The molecular weight excluding hydrogens is 312 g/mol. The van der Waals surface area contributed by atoms with Crippen molar-refractivity contribution in [2.45, 2.75) is 63.8 Å². The van der Waals surface area contributed by atoms with Gasteiger partial charge in [-0.15, -0.1) is 0 Å². The van der Waals surface area contributed by atoms with Crippen molar-refractivity contribution in [3.05, 3.63) is 35.9 Å². The second kappa shape index (κ2) is 9.02. The molecular formula is C21H30N2O2. The molecule has 136 valence electrons. The van der Waals surface area contributed by atoms with Gasteiger partial charge in [-0.1, -0.05) is 50.3 Å². The highest BCUT2D eigenvalue weighted by Crippen LogP contribution is 2.27. The Morgan fingerprint density at radius 3 is 2.32 bits per heavy atom. The molecule has 0 bridgehead atoms. The van der Waals surface area contributed by atoms with Crippen LogP contribution in [0.3, 0.4) is 0 Å². The van der Waals surface area contributed by atoms with E-state index < -0.39 is 0 Å². The fraction of sp³-hybridized carbons (Fsp3) is 0.619. The van der Waals surface area contributed by atoms with Crippen molar-refractivity contribution in [1.82, 2.24) is 10.2 Å². The third kappa shape index (κ3) is 5.32. The van der Waals surface area contributed by atoms with E-state index in [1.54, 1.807) is 0 Å². The van der Waals surface area contributed by atoms with E-state index >= 15 is 0 Å². The lowest BCUT2D eigenvalue weighted by Gasteiger charge is -2.33. The number of likely N-dealkylation sites (tertiary alicyclic amines) is 1. The molecule has 2 amide bonds. The van der Waals surface area contributed by atoms with Gasteiger partial charge in [-0.3, -0.25) is 9.59 Å². The van der Waals surface area contributed by atoms with Crippen LogP contribution in [0.4, 0.5) is 0 Å². The molecule has 25 heavy (non-hydrogen) atoms. The average molecular weight is 342 g/mol. The Labute approximate surface area is 151 Å². The van der Waals surface area contributed by atoms with Crippen molar-refractivity contribution in [2.75, 3.05) is 13.1 Å². The first-order valence-electron chi connectivity index (χ1n) is 9.86. The summed E-state index contributed by atoms with van der Waals surface area (Å²) in [4.78, 5) is 26.6. The molecule has 3 rings (SSSR count). The normalized spacial score (nSPS) is 19.6. The van der Waals surface area contributed by atoms with Crippen molar-refractivity contribution in [3.63, 3.8) is 0 Å². The molecule has 1 heterocycles. The van der Waals surface area contributed by atoms with E-state index in [-0.39, 0.29) is 11.9 Å². The number of hydrogen-bond acceptors (Lipinski definition) is 2. The highest BCUT2D eigenvalue weighted by atomic mass is 16.2. The molecule has 0 unspecified atom stereocenters. The van der Waals surface area contributed by atoms with Gasteiger partial charge >= 0.3 is 0 Å². The third-order valence-electron chi connectivity index (χ3n) is 5.71. The van der Waals surface area contributed by atoms with Crippen molar-refractivity contribution in [1.29, 1.82) is 0 Å². The molecule has 0 spiro atoms. The first-order valence-corrected chi connectivity index (χ1v) is 9.86. The van der Waals surface area contributed by atoms with Crippen molar-refractivity contribution < 1.29 is 9.59 Å². The van der Waals surface area contributed by atoms with Crippen LogP contribution in [0.2, 0.25) is 0 Å². The van der Waals surface area contributed by atoms with Crippen LogP contribution in [0.25, 0.3) is 0 Å². The average Bonchev–Trinajstić information content (AvgIpc) is 2.68. The van der Waals surface area contributed by atoms with Crippen LogP contribution >= 0.6 is 0 Å². The predicted octanol–water partition coefficient (Wildman–Crippen LogP) is 3.77. The molecule has 1 aliphatic heterocycles. The van der Waals surface area contributed by atoms with Gasteiger partial charge in [-0.2, -0.15) is 0 Å². The number of benzene rings is 1. The molecule has 2 fully saturated rings. The molecule has 4 nitrogen and oxygen atoms in total. The SMILES string of the molecule is O=C(NC1CCN(C(=O)CCC2CCCCC2)CC1)c1ccccc1. The summed E-state index contributed by atoms with van der Waals surface area (Å²) in [5, 5.41) is 3.10. The van der Waals surface area contributed by atoms with Crippen LogP contribution in [0.1, 0.15) is 68.1 Å². The van der Waals surface area contributed by atoms with Crippen molar-refractivity contribution >= 4 is 11.8 Å². The molecule has 1 saturated heterocycles. The van der Waals surface area contributed by atoms with Crippen molar-refractivity contribution in [2.24, 2.45) is 5.92 Å². The smallest absolute Gasteiger partial charge is 0.251 e. The van der Waals surface area contributed by atoms with Gasteiger partial charge in [0.25, 0.3) is 5.91 Å². The Morgan fingerprint density at radius 2 is 1.64 bits per heavy atom. The number of carbonyl (C=O) groups excluding carboxylic acids is 2. The van der Waals surface area contributed by atoms with Gasteiger partial charge in [0, 0.05) is 31.1 Å². The van der Waals surface area contributed by atoms with E-state index in [0.717, 1.165) is 38.3 Å². The number of nitrogens with one attached hydrogen (secondary N) is 1. The number of amides is 2. The lowest BCUT2D eigenvalue weighted by Crippen LogP contribution is -2.46. The topological polar surface area (TPSA) is 49.4 Å². The lowest BCUT2D eigenvalue weighted by atomic mass is 9.86. The monoisotopic (exact) mass is 342 g/mol. The minimum Gasteiger partial charge on any atom is -0.349 e. The van der Waals surface area contributed by atoms with Gasteiger partial charge < -0.3 is 10.2 Å². The molecule has 1 aliphatic carbocycles. The van der Waals surface area contributed by atoms with Crippen LogP contribution in [0, 0.1) is 5.92 Å². The highest BCUT2D eigenvalue weighted by molar-refractivity contribution is 5.94. The second-order valence-corrected chi connectivity index (χ2v) is 7.54. The largest absolute Gasteiger partial charge is 0.349 e. The summed E-state index contributed by atoms with van der Waals surface area (Å²) in [5.74, 6) is 1.06. The fourth-order valence-corrected chi connectivity index (χ4v) is 4.09. The van der Waals surface area contributed by atoms with Gasteiger partial charge in [-0.25, -0.2) is 0 Å². The Balaban J connectivity index is 1.37. The van der Waals surface area contributed by atoms with E-state index in [1.165, 1.54) is 32.1 Å². The number of carbonyl (C=O) groups is 2. The zero-order valence-electron chi connectivity index (χ0n) is 15.1. The first-order chi connectivity index (χ1) is 12.2. The summed E-state index contributed by atoms with van der Waals surface area (Å²) in [7, 11) is 0. The third-order valence-corrected chi connectivity index (χ3v) is 5.71. The minimum absolute atomic E-state index is 0.0114. The maximum Gasteiger partial charge on any atom is 0.251 e. The van der Waals surface area contributed by atoms with Crippen LogP contribution in [-0.2, 0) is 4.79 Å². The highest BCUT2D eigenvalue weighted by Gasteiger charge is 2.24. The number of rotatable bonds is 5. The van der Waals surface area contributed by atoms with Crippen LogP contribution < -0.4 is 5.32 Å². The van der Waals surface area contributed by atoms with Gasteiger partial charge in [0.2, 0.25) is 5.91 Å². The summed E-state index contributed by atoms with van der Waals surface area (Å²) in [6.07, 6.45) is 10.1. The molecule has 0 atom stereocenters. The van der Waals surface area contributed by atoms with E-state index in [9.17, 15) is 9.59 Å². The molecule has 0 radical (unpaired) electrons. The van der Waals surface area contributed by atoms with Crippen LogP contribution in [0.15, 0.2) is 30.3 Å². The Bertz CT molecular complexity index is 559. The molecule has 4 heteroatoms. The summed E-state index contributed by atoms with van der Waals surface area (Å²) >= 11 is 0.